The third-order valence-electron chi connectivity index (χ3n) is 5.97. The van der Waals surface area contributed by atoms with Gasteiger partial charge in [-0.2, -0.15) is 0 Å². The van der Waals surface area contributed by atoms with Crippen molar-refractivity contribution in [3.63, 3.8) is 0 Å². The van der Waals surface area contributed by atoms with Gasteiger partial charge in [0.25, 0.3) is 0 Å². The zero-order valence-electron chi connectivity index (χ0n) is 14.2. The van der Waals surface area contributed by atoms with E-state index in [1.54, 1.807) is 0 Å². The van der Waals surface area contributed by atoms with E-state index >= 15 is 0 Å². The maximum atomic E-state index is 13.3. The zero-order valence-corrected chi connectivity index (χ0v) is 14.2. The Bertz CT molecular complexity index is 668. The smallest absolute Gasteiger partial charge is 0.123 e. The minimum Gasteiger partial charge on any atom is -0.327 e. The average molecular weight is 342 g/mol. The van der Waals surface area contributed by atoms with Crippen molar-refractivity contribution >= 4 is 0 Å². The molecule has 0 spiro atoms. The fraction of sp³-hybridized carbons (Fsp3) is 0.429. The third kappa shape index (κ3) is 3.46. The highest BCUT2D eigenvalue weighted by molar-refractivity contribution is 5.33. The fourth-order valence-corrected chi connectivity index (χ4v) is 4.60. The van der Waals surface area contributed by atoms with E-state index in [1.807, 2.05) is 24.3 Å². The second-order valence-corrected chi connectivity index (χ2v) is 7.54. The van der Waals surface area contributed by atoms with E-state index in [9.17, 15) is 8.78 Å². The Morgan fingerprint density at radius 2 is 1.44 bits per heavy atom. The number of hydrogen-bond donors (Lipinski definition) is 1. The lowest BCUT2D eigenvalue weighted by molar-refractivity contribution is 0.296. The van der Waals surface area contributed by atoms with Crippen molar-refractivity contribution in [2.24, 2.45) is 17.6 Å². The molecule has 1 aliphatic heterocycles. The lowest BCUT2D eigenvalue weighted by atomic mass is 9.90. The Morgan fingerprint density at radius 1 is 0.880 bits per heavy atom. The van der Waals surface area contributed by atoms with Gasteiger partial charge in [0, 0.05) is 31.6 Å². The van der Waals surface area contributed by atoms with Crippen molar-refractivity contribution in [1.29, 1.82) is 0 Å². The van der Waals surface area contributed by atoms with Crippen LogP contribution in [0.2, 0.25) is 0 Å². The number of benzene rings is 2. The minimum absolute atomic E-state index is 0.108. The molecule has 2 aliphatic rings. The second-order valence-electron chi connectivity index (χ2n) is 7.54. The lowest BCUT2D eigenvalue weighted by Gasteiger charge is -2.26. The van der Waals surface area contributed by atoms with Crippen LogP contribution in [0.25, 0.3) is 0 Å². The molecule has 3 unspecified atom stereocenters. The van der Waals surface area contributed by atoms with Crippen molar-refractivity contribution in [2.75, 3.05) is 19.6 Å². The van der Waals surface area contributed by atoms with Crippen LogP contribution in [-0.4, -0.2) is 30.6 Å². The van der Waals surface area contributed by atoms with Gasteiger partial charge >= 0.3 is 0 Å². The van der Waals surface area contributed by atoms with Crippen LogP contribution in [0.4, 0.5) is 8.78 Å². The van der Waals surface area contributed by atoms with E-state index in [2.05, 4.69) is 4.90 Å². The third-order valence-corrected chi connectivity index (χ3v) is 5.97. The Labute approximate surface area is 147 Å². The van der Waals surface area contributed by atoms with E-state index in [0.717, 1.165) is 37.2 Å². The summed E-state index contributed by atoms with van der Waals surface area (Å²) < 4.78 is 26.7. The van der Waals surface area contributed by atoms with Gasteiger partial charge in [-0.25, -0.2) is 8.78 Å². The maximum Gasteiger partial charge on any atom is 0.123 e. The summed E-state index contributed by atoms with van der Waals surface area (Å²) in [5, 5.41) is 0. The van der Waals surface area contributed by atoms with E-state index in [-0.39, 0.29) is 17.6 Å². The second kappa shape index (κ2) is 6.85. The number of rotatable bonds is 4. The molecule has 2 fully saturated rings. The molecular weight excluding hydrogens is 318 g/mol. The van der Waals surface area contributed by atoms with E-state index in [4.69, 9.17) is 5.73 Å². The van der Waals surface area contributed by atoms with Crippen molar-refractivity contribution in [3.05, 3.63) is 71.3 Å². The highest BCUT2D eigenvalue weighted by Gasteiger charge is 2.41. The van der Waals surface area contributed by atoms with Gasteiger partial charge in [-0.05, 0) is 60.1 Å². The van der Waals surface area contributed by atoms with Crippen molar-refractivity contribution in [1.82, 2.24) is 4.90 Å². The van der Waals surface area contributed by atoms with Crippen LogP contribution < -0.4 is 5.73 Å². The number of nitrogens with two attached hydrogens (primary N) is 1. The topological polar surface area (TPSA) is 29.3 Å². The highest BCUT2D eigenvalue weighted by atomic mass is 19.1. The number of fused-ring (bicyclic) bond motifs is 1. The highest BCUT2D eigenvalue weighted by Crippen LogP contribution is 2.38. The molecule has 0 aromatic heterocycles. The predicted molar refractivity (Wildman–Crippen MR) is 95.3 cm³/mol. The first-order valence-corrected chi connectivity index (χ1v) is 9.09. The molecule has 3 atom stereocenters. The SMILES string of the molecule is NC1CCC2CN(CC(c3ccc(F)cc3)c3ccc(F)cc3)CC12. The van der Waals surface area contributed by atoms with Crippen LogP contribution in [0.1, 0.15) is 29.9 Å². The zero-order chi connectivity index (χ0) is 17.4. The summed E-state index contributed by atoms with van der Waals surface area (Å²) in [4.78, 5) is 2.48. The molecule has 2 N–H and O–H groups in total. The number of hydrogen-bond acceptors (Lipinski definition) is 2. The van der Waals surface area contributed by atoms with Crippen LogP contribution in [0.3, 0.4) is 0 Å². The van der Waals surface area contributed by atoms with Crippen molar-refractivity contribution < 1.29 is 8.78 Å². The monoisotopic (exact) mass is 342 g/mol. The van der Waals surface area contributed by atoms with Gasteiger partial charge in [-0.15, -0.1) is 0 Å². The summed E-state index contributed by atoms with van der Waals surface area (Å²) in [6, 6.07) is 13.7. The quantitative estimate of drug-likeness (QED) is 0.916. The molecular formula is C21H24F2N2. The molecule has 132 valence electrons. The molecule has 0 radical (unpaired) electrons. The molecule has 1 saturated heterocycles. The Hall–Kier alpha value is -1.78. The van der Waals surface area contributed by atoms with Gasteiger partial charge < -0.3 is 10.6 Å². The Morgan fingerprint density at radius 3 is 1.96 bits per heavy atom. The number of likely N-dealkylation sites (tertiary alicyclic amines) is 1. The van der Waals surface area contributed by atoms with Gasteiger partial charge in [0.05, 0.1) is 0 Å². The molecule has 1 heterocycles. The molecule has 4 rings (SSSR count). The summed E-state index contributed by atoms with van der Waals surface area (Å²) in [5.74, 6) is 0.946. The standard InChI is InChI=1S/C21H24F2N2/c22-17-6-1-14(2-7-17)19(15-3-8-18(23)9-4-15)12-25-11-16-5-10-21(24)20(16)13-25/h1-4,6-9,16,19-21H,5,10-13,24H2. The number of halogens is 2. The van der Waals surface area contributed by atoms with Crippen LogP contribution in [0, 0.1) is 23.5 Å². The van der Waals surface area contributed by atoms with Crippen LogP contribution in [0.15, 0.2) is 48.5 Å². The van der Waals surface area contributed by atoms with Crippen molar-refractivity contribution in [3.8, 4) is 0 Å². The lowest BCUT2D eigenvalue weighted by Crippen LogP contribution is -2.32. The van der Waals surface area contributed by atoms with E-state index < -0.39 is 0 Å². The van der Waals surface area contributed by atoms with Crippen molar-refractivity contribution in [2.45, 2.75) is 24.8 Å². The fourth-order valence-electron chi connectivity index (χ4n) is 4.60. The average Bonchev–Trinajstić information content (AvgIpc) is 3.16. The summed E-state index contributed by atoms with van der Waals surface area (Å²) in [6.07, 6.45) is 2.36. The van der Waals surface area contributed by atoms with E-state index in [0.29, 0.717) is 17.9 Å². The molecule has 0 bridgehead atoms. The number of nitrogens with zero attached hydrogens (tertiary/aromatic N) is 1. The molecule has 4 heteroatoms. The molecule has 2 aromatic carbocycles. The van der Waals surface area contributed by atoms with Crippen LogP contribution in [-0.2, 0) is 0 Å². The maximum absolute atomic E-state index is 13.3. The Balaban J connectivity index is 1.57. The normalized spacial score (nSPS) is 26.3. The molecule has 2 aromatic rings. The van der Waals surface area contributed by atoms with Gasteiger partial charge in [0.1, 0.15) is 11.6 Å². The first-order valence-electron chi connectivity index (χ1n) is 9.09. The Kier molecular flexibility index (Phi) is 4.57. The van der Waals surface area contributed by atoms with E-state index in [1.165, 1.54) is 30.7 Å². The summed E-state index contributed by atoms with van der Waals surface area (Å²) in [6.45, 7) is 2.97. The van der Waals surface area contributed by atoms with Gasteiger partial charge in [-0.1, -0.05) is 24.3 Å². The van der Waals surface area contributed by atoms with Gasteiger partial charge in [0.15, 0.2) is 0 Å². The van der Waals surface area contributed by atoms with Gasteiger partial charge in [0.2, 0.25) is 0 Å². The summed E-state index contributed by atoms with van der Waals surface area (Å²) >= 11 is 0. The first kappa shape index (κ1) is 16.7. The molecule has 25 heavy (non-hydrogen) atoms. The predicted octanol–water partition coefficient (Wildman–Crippen LogP) is 3.77. The summed E-state index contributed by atoms with van der Waals surface area (Å²) in [5.41, 5.74) is 8.39. The molecule has 2 nitrogen and oxygen atoms in total. The molecule has 0 amide bonds. The minimum atomic E-state index is -0.233. The van der Waals surface area contributed by atoms with Gasteiger partial charge in [-0.3, -0.25) is 0 Å². The summed E-state index contributed by atoms with van der Waals surface area (Å²) in [7, 11) is 0. The van der Waals surface area contributed by atoms with Crippen LogP contribution >= 0.6 is 0 Å². The molecule has 1 aliphatic carbocycles. The largest absolute Gasteiger partial charge is 0.327 e. The first-order chi connectivity index (χ1) is 12.1. The van der Waals surface area contributed by atoms with Crippen LogP contribution in [0.5, 0.6) is 0 Å². The molecule has 1 saturated carbocycles.